The molecule has 0 heterocycles. The van der Waals surface area contributed by atoms with Crippen LogP contribution in [0.25, 0.3) is 5.76 Å². The second-order valence-electron chi connectivity index (χ2n) is 10.4. The van der Waals surface area contributed by atoms with Crippen LogP contribution >= 0.6 is 11.6 Å². The second-order valence-corrected chi connectivity index (χ2v) is 10.6. The van der Waals surface area contributed by atoms with E-state index in [1.807, 2.05) is 0 Å². The van der Waals surface area contributed by atoms with E-state index in [1.165, 1.54) is 11.0 Å². The van der Waals surface area contributed by atoms with Gasteiger partial charge in [0.1, 0.15) is 28.7 Å². The van der Waals surface area contributed by atoms with Crippen molar-refractivity contribution in [1.82, 2.24) is 15.5 Å². The Hall–Kier alpha value is -3.61. The Morgan fingerprint density at radius 1 is 1.10 bits per heavy atom. The lowest BCUT2D eigenvalue weighted by Crippen LogP contribution is -2.66. The van der Waals surface area contributed by atoms with Gasteiger partial charge >= 0.3 is 0 Å². The summed E-state index contributed by atoms with van der Waals surface area (Å²) in [6.45, 7) is -0.421. The molecule has 13 heteroatoms. The molecule has 6 N–H and O–H groups in total. The molecule has 3 aliphatic carbocycles. The molecule has 1 aromatic carbocycles. The number of nitrogens with one attached hydrogen (secondary N) is 2. The van der Waals surface area contributed by atoms with Gasteiger partial charge in [-0.15, -0.1) is 11.6 Å². The second kappa shape index (κ2) is 10.2. The minimum atomic E-state index is -2.71. The predicted molar refractivity (Wildman–Crippen MR) is 141 cm³/mol. The molecule has 0 spiro atoms. The maximum atomic E-state index is 14.0. The first-order valence-corrected chi connectivity index (χ1v) is 12.8. The first kappa shape index (κ1) is 28.4. The number of halogens is 1. The molecule has 4 rings (SSSR count). The van der Waals surface area contributed by atoms with Gasteiger partial charge in [-0.05, 0) is 50.6 Å². The monoisotopic (exact) mass is 562 g/mol. The van der Waals surface area contributed by atoms with E-state index in [0.717, 1.165) is 0 Å². The Kier molecular flexibility index (Phi) is 7.41. The van der Waals surface area contributed by atoms with Gasteiger partial charge in [0, 0.05) is 31.3 Å². The number of phenols is 1. The highest BCUT2D eigenvalue weighted by molar-refractivity contribution is 6.27. The maximum Gasteiger partial charge on any atom is 0.259 e. The van der Waals surface area contributed by atoms with Crippen LogP contribution < -0.4 is 15.5 Å². The van der Waals surface area contributed by atoms with Crippen molar-refractivity contribution >= 4 is 46.4 Å². The van der Waals surface area contributed by atoms with E-state index in [-0.39, 0.29) is 35.6 Å². The molecule has 0 saturated heterocycles. The molecule has 2 amide bonds. The fourth-order valence-electron chi connectivity index (χ4n) is 5.99. The van der Waals surface area contributed by atoms with Crippen molar-refractivity contribution in [3.63, 3.8) is 0 Å². The highest BCUT2D eigenvalue weighted by Crippen LogP contribution is 2.53. The average molecular weight is 563 g/mol. The number of amides is 2. The van der Waals surface area contributed by atoms with Crippen molar-refractivity contribution in [2.24, 2.45) is 11.8 Å². The molecular formula is C26H31ClN4O8. The van der Waals surface area contributed by atoms with Crippen LogP contribution in [0.1, 0.15) is 17.5 Å². The van der Waals surface area contributed by atoms with E-state index < -0.39 is 70.6 Å². The number of hydrogen-bond acceptors (Lipinski definition) is 10. The van der Waals surface area contributed by atoms with E-state index in [2.05, 4.69) is 10.6 Å². The zero-order chi connectivity index (χ0) is 29.0. The number of aliphatic hydroxyl groups is 3. The number of benzene rings is 1. The molecule has 1 saturated carbocycles. The van der Waals surface area contributed by atoms with Crippen molar-refractivity contribution in [3.05, 3.63) is 40.2 Å². The first-order valence-electron chi connectivity index (χ1n) is 12.2. The van der Waals surface area contributed by atoms with Crippen molar-refractivity contribution in [2.45, 2.75) is 24.5 Å². The molecule has 0 bridgehead atoms. The number of alkyl halides is 1. The van der Waals surface area contributed by atoms with E-state index in [0.29, 0.717) is 11.3 Å². The average Bonchev–Trinajstić information content (AvgIpc) is 2.85. The Morgan fingerprint density at radius 2 is 1.77 bits per heavy atom. The summed E-state index contributed by atoms with van der Waals surface area (Å²) in [7, 11) is 6.69. The van der Waals surface area contributed by atoms with E-state index in [4.69, 9.17) is 11.6 Å². The molecule has 0 radical (unpaired) electrons. The minimum Gasteiger partial charge on any atom is -0.508 e. The fraction of sp³-hybridized carbons (Fsp3) is 0.462. The van der Waals surface area contributed by atoms with E-state index in [1.54, 1.807) is 39.2 Å². The molecule has 1 fully saturated rings. The third-order valence-corrected chi connectivity index (χ3v) is 7.94. The van der Waals surface area contributed by atoms with Gasteiger partial charge in [-0.1, -0.05) is 0 Å². The Balaban J connectivity index is 1.86. The molecular weight excluding hydrogens is 532 g/mol. The van der Waals surface area contributed by atoms with Crippen LogP contribution in [-0.4, -0.2) is 101 Å². The highest BCUT2D eigenvalue weighted by Gasteiger charge is 2.64. The number of rotatable bonds is 6. The van der Waals surface area contributed by atoms with Crippen molar-refractivity contribution in [2.75, 3.05) is 45.6 Å². The summed E-state index contributed by atoms with van der Waals surface area (Å²) in [5, 5.41) is 49.4. The van der Waals surface area contributed by atoms with Crippen LogP contribution in [0.15, 0.2) is 29.0 Å². The van der Waals surface area contributed by atoms with Gasteiger partial charge in [0.2, 0.25) is 11.7 Å². The van der Waals surface area contributed by atoms with E-state index >= 15 is 0 Å². The number of anilines is 1. The number of hydrogen-bond donors (Lipinski definition) is 6. The maximum absolute atomic E-state index is 14.0. The lowest BCUT2D eigenvalue weighted by molar-refractivity contribution is -0.153. The number of fused-ring (bicyclic) bond motifs is 3. The summed E-state index contributed by atoms with van der Waals surface area (Å²) in [5.41, 5.74) is -2.36. The molecule has 1 aromatic rings. The molecule has 4 atom stereocenters. The molecule has 39 heavy (non-hydrogen) atoms. The smallest absolute Gasteiger partial charge is 0.259 e. The third kappa shape index (κ3) is 4.32. The molecule has 0 aromatic heterocycles. The normalized spacial score (nSPS) is 26.2. The van der Waals surface area contributed by atoms with Crippen molar-refractivity contribution in [3.8, 4) is 5.75 Å². The molecule has 0 aliphatic heterocycles. The lowest BCUT2D eigenvalue weighted by Gasteiger charge is -2.50. The van der Waals surface area contributed by atoms with Crippen LogP contribution in [-0.2, 0) is 25.6 Å². The SMILES string of the molecule is CN(C)c1ccc(O)c2c1C[C@@H]1C[C@@H]3[C@@H](N(C)C)C(=O)C(C(=O)NCNC(=O)CCl)=C(O)[C@]3(O)C(=O)C1=C2O. The third-order valence-electron chi connectivity index (χ3n) is 7.70. The topological polar surface area (TPSA) is 180 Å². The van der Waals surface area contributed by atoms with Crippen LogP contribution in [0.4, 0.5) is 5.69 Å². The van der Waals surface area contributed by atoms with Gasteiger partial charge in [-0.3, -0.25) is 24.1 Å². The number of carbonyl (C=O) groups excluding carboxylic acids is 4. The van der Waals surface area contributed by atoms with Gasteiger partial charge in [0.15, 0.2) is 11.4 Å². The standard InChI is InChI=1S/C26H31ClN4O8/c1-30(2)14-5-6-15(32)18-12(14)7-11-8-13-20(31(3)4)22(35)19(25(38)29-10-28-16(33)9-27)24(37)26(13,39)23(36)17(11)21(18)34/h5-6,11,13,20,32,34,37,39H,7-10H2,1-4H3,(H,28,33)(H,29,38)/t11-,13-,20-,26-/m1/s1. The van der Waals surface area contributed by atoms with Crippen molar-refractivity contribution in [1.29, 1.82) is 0 Å². The van der Waals surface area contributed by atoms with Gasteiger partial charge in [-0.2, -0.15) is 0 Å². The van der Waals surface area contributed by atoms with Crippen LogP contribution in [0.2, 0.25) is 0 Å². The minimum absolute atomic E-state index is 0.0168. The van der Waals surface area contributed by atoms with Crippen LogP contribution in [0.5, 0.6) is 5.75 Å². The molecule has 12 nitrogen and oxygen atoms in total. The highest BCUT2D eigenvalue weighted by atomic mass is 35.5. The molecule has 210 valence electrons. The Bertz CT molecular complexity index is 1340. The van der Waals surface area contributed by atoms with Gasteiger partial charge in [0.25, 0.3) is 5.91 Å². The molecule has 3 aliphatic rings. The number of likely N-dealkylation sites (N-methyl/N-ethyl adjacent to an activating group) is 1. The fourth-order valence-corrected chi connectivity index (χ4v) is 6.08. The largest absolute Gasteiger partial charge is 0.508 e. The quantitative estimate of drug-likeness (QED) is 0.157. The first-order chi connectivity index (χ1) is 18.3. The summed E-state index contributed by atoms with van der Waals surface area (Å²) < 4.78 is 0. The van der Waals surface area contributed by atoms with Crippen LogP contribution in [0.3, 0.4) is 0 Å². The van der Waals surface area contributed by atoms with Gasteiger partial charge in [0.05, 0.1) is 18.3 Å². The number of carbonyl (C=O) groups is 4. The Morgan fingerprint density at radius 3 is 2.36 bits per heavy atom. The number of nitrogens with zero attached hydrogens (tertiary/aromatic N) is 2. The van der Waals surface area contributed by atoms with E-state index in [9.17, 15) is 39.6 Å². The number of phenolic OH excluding ortho intramolecular Hbond substituents is 1. The summed E-state index contributed by atoms with van der Waals surface area (Å²) in [6, 6.07) is 1.91. The Labute approximate surface area is 229 Å². The number of Topliss-reactive ketones (excluding diaryl/α,β-unsaturated/α-hetero) is 2. The zero-order valence-electron chi connectivity index (χ0n) is 21.9. The summed E-state index contributed by atoms with van der Waals surface area (Å²) in [5.74, 6) is -7.63. The van der Waals surface area contributed by atoms with Crippen molar-refractivity contribution < 1.29 is 39.6 Å². The van der Waals surface area contributed by atoms with Gasteiger partial charge in [-0.25, -0.2) is 0 Å². The lowest BCUT2D eigenvalue weighted by atomic mass is 9.57. The summed E-state index contributed by atoms with van der Waals surface area (Å²) in [4.78, 5) is 55.1. The van der Waals surface area contributed by atoms with Gasteiger partial charge < -0.3 is 36.0 Å². The number of aromatic hydroxyl groups is 1. The predicted octanol–water partition coefficient (Wildman–Crippen LogP) is -0.0266. The summed E-state index contributed by atoms with van der Waals surface area (Å²) >= 11 is 5.41. The summed E-state index contributed by atoms with van der Waals surface area (Å²) in [6.07, 6.45) is 0.240. The molecule has 0 unspecified atom stereocenters. The van der Waals surface area contributed by atoms with Crippen LogP contribution in [0, 0.1) is 11.8 Å². The number of ketones is 2. The zero-order valence-corrected chi connectivity index (χ0v) is 22.7. The number of aliphatic hydroxyl groups excluding tert-OH is 2.